The van der Waals surface area contributed by atoms with Crippen molar-refractivity contribution in [2.75, 3.05) is 21.3 Å². The first-order valence-corrected chi connectivity index (χ1v) is 4.87. The van der Waals surface area contributed by atoms with Crippen LogP contribution in [0.5, 0.6) is 17.2 Å². The average molecular weight is 221 g/mol. The van der Waals surface area contributed by atoms with Crippen molar-refractivity contribution in [3.05, 3.63) is 17.7 Å². The molecule has 0 amide bonds. The monoisotopic (exact) mass is 221 g/mol. The molecule has 0 aliphatic carbocycles. The Morgan fingerprint density at radius 2 is 1.50 bits per heavy atom. The van der Waals surface area contributed by atoms with Crippen molar-refractivity contribution < 1.29 is 14.2 Å². The number of hydrogen-bond donors (Lipinski definition) is 0. The molecule has 0 heterocycles. The average Bonchev–Trinajstić information content (AvgIpc) is 2.35. The largest absolute Gasteiger partial charge is 0.496 e. The van der Waals surface area contributed by atoms with Crippen LogP contribution in [0.2, 0.25) is 0 Å². The molecule has 1 rings (SSSR count). The third kappa shape index (κ3) is 2.19. The van der Waals surface area contributed by atoms with E-state index in [1.165, 1.54) is 0 Å². The normalized spacial score (nSPS) is 11.4. The number of ether oxygens (including phenoxy) is 3. The number of nitrogens with zero attached hydrogens (tertiary/aromatic N) is 1. The number of hydrogen-bond acceptors (Lipinski definition) is 4. The third-order valence-electron chi connectivity index (χ3n) is 2.40. The van der Waals surface area contributed by atoms with Crippen molar-refractivity contribution >= 4 is 0 Å². The van der Waals surface area contributed by atoms with E-state index in [2.05, 4.69) is 6.07 Å². The highest BCUT2D eigenvalue weighted by Crippen LogP contribution is 2.37. The minimum Gasteiger partial charge on any atom is -0.496 e. The van der Waals surface area contributed by atoms with Crippen LogP contribution in [0.1, 0.15) is 18.4 Å². The van der Waals surface area contributed by atoms with E-state index in [1.807, 2.05) is 6.92 Å². The zero-order valence-electron chi connectivity index (χ0n) is 9.90. The second kappa shape index (κ2) is 5.26. The molecule has 0 saturated heterocycles. The SMILES string of the molecule is COc1cc(OC)c(C(C)C#N)cc1OC. The fourth-order valence-electron chi connectivity index (χ4n) is 1.46. The molecule has 86 valence electrons. The van der Waals surface area contributed by atoms with E-state index in [4.69, 9.17) is 19.5 Å². The van der Waals surface area contributed by atoms with Gasteiger partial charge in [0.2, 0.25) is 0 Å². The molecule has 1 aromatic rings. The summed E-state index contributed by atoms with van der Waals surface area (Å²) in [5.74, 6) is 1.56. The number of nitriles is 1. The van der Waals surface area contributed by atoms with Crippen LogP contribution in [0.25, 0.3) is 0 Å². The Morgan fingerprint density at radius 1 is 1.00 bits per heavy atom. The molecule has 0 spiro atoms. The minimum atomic E-state index is -0.255. The summed E-state index contributed by atoms with van der Waals surface area (Å²) in [6.07, 6.45) is 0. The Balaban J connectivity index is 3.32. The van der Waals surface area contributed by atoms with Crippen LogP contribution < -0.4 is 14.2 Å². The van der Waals surface area contributed by atoms with Gasteiger partial charge in [0.05, 0.1) is 33.3 Å². The maximum Gasteiger partial charge on any atom is 0.164 e. The number of benzene rings is 1. The minimum absolute atomic E-state index is 0.255. The molecule has 1 atom stereocenters. The summed E-state index contributed by atoms with van der Waals surface area (Å²) < 4.78 is 15.6. The van der Waals surface area contributed by atoms with Gasteiger partial charge in [-0.3, -0.25) is 0 Å². The van der Waals surface area contributed by atoms with Crippen LogP contribution in [-0.2, 0) is 0 Å². The predicted octanol–water partition coefficient (Wildman–Crippen LogP) is 2.34. The summed E-state index contributed by atoms with van der Waals surface area (Å²) in [6.45, 7) is 1.81. The van der Waals surface area contributed by atoms with Crippen LogP contribution in [0.15, 0.2) is 12.1 Å². The lowest BCUT2D eigenvalue weighted by atomic mass is 10.0. The van der Waals surface area contributed by atoms with Crippen molar-refractivity contribution in [1.29, 1.82) is 5.26 Å². The molecular weight excluding hydrogens is 206 g/mol. The van der Waals surface area contributed by atoms with E-state index in [0.717, 1.165) is 5.56 Å². The first-order valence-electron chi connectivity index (χ1n) is 4.87. The molecule has 0 fully saturated rings. The first kappa shape index (κ1) is 12.2. The van der Waals surface area contributed by atoms with Gasteiger partial charge in [-0.15, -0.1) is 0 Å². The van der Waals surface area contributed by atoms with Gasteiger partial charge in [-0.05, 0) is 13.0 Å². The van der Waals surface area contributed by atoms with Gasteiger partial charge in [0.25, 0.3) is 0 Å². The summed E-state index contributed by atoms with van der Waals surface area (Å²) in [7, 11) is 4.69. The van der Waals surface area contributed by atoms with Gasteiger partial charge in [-0.25, -0.2) is 0 Å². The van der Waals surface area contributed by atoms with E-state index in [-0.39, 0.29) is 5.92 Å². The maximum absolute atomic E-state index is 8.92. The van der Waals surface area contributed by atoms with Gasteiger partial charge in [0.15, 0.2) is 11.5 Å². The van der Waals surface area contributed by atoms with Crippen LogP contribution >= 0.6 is 0 Å². The van der Waals surface area contributed by atoms with Gasteiger partial charge in [-0.1, -0.05) is 0 Å². The topological polar surface area (TPSA) is 51.5 Å². The Morgan fingerprint density at radius 3 is 1.94 bits per heavy atom. The van der Waals surface area contributed by atoms with Gasteiger partial charge in [0, 0.05) is 11.6 Å². The summed E-state index contributed by atoms with van der Waals surface area (Å²) in [6, 6.07) is 5.66. The molecule has 16 heavy (non-hydrogen) atoms. The van der Waals surface area contributed by atoms with Crippen LogP contribution in [0.4, 0.5) is 0 Å². The smallest absolute Gasteiger partial charge is 0.164 e. The van der Waals surface area contributed by atoms with Crippen molar-refractivity contribution in [2.45, 2.75) is 12.8 Å². The van der Waals surface area contributed by atoms with Gasteiger partial charge in [0.1, 0.15) is 5.75 Å². The van der Waals surface area contributed by atoms with Crippen molar-refractivity contribution in [1.82, 2.24) is 0 Å². The molecule has 0 saturated carbocycles. The van der Waals surface area contributed by atoms with E-state index < -0.39 is 0 Å². The summed E-state index contributed by atoms with van der Waals surface area (Å²) >= 11 is 0. The lowest BCUT2D eigenvalue weighted by Crippen LogP contribution is -1.99. The highest BCUT2D eigenvalue weighted by Gasteiger charge is 2.16. The second-order valence-corrected chi connectivity index (χ2v) is 3.30. The number of methoxy groups -OCH3 is 3. The maximum atomic E-state index is 8.92. The van der Waals surface area contributed by atoms with Crippen LogP contribution in [0.3, 0.4) is 0 Å². The Hall–Kier alpha value is -1.89. The fourth-order valence-corrected chi connectivity index (χ4v) is 1.46. The standard InChI is InChI=1S/C12H15NO3/c1-8(7-13)9-5-11(15-3)12(16-4)6-10(9)14-2/h5-6,8H,1-4H3. The van der Waals surface area contributed by atoms with E-state index >= 15 is 0 Å². The van der Waals surface area contributed by atoms with Crippen LogP contribution in [-0.4, -0.2) is 21.3 Å². The summed E-state index contributed by atoms with van der Waals surface area (Å²) in [5, 5.41) is 8.92. The van der Waals surface area contributed by atoms with E-state index in [9.17, 15) is 0 Å². The van der Waals surface area contributed by atoms with Crippen molar-refractivity contribution in [2.24, 2.45) is 0 Å². The lowest BCUT2D eigenvalue weighted by molar-refractivity contribution is 0.347. The molecule has 4 nitrogen and oxygen atoms in total. The molecule has 1 unspecified atom stereocenters. The molecule has 0 aliphatic heterocycles. The Labute approximate surface area is 95.4 Å². The molecule has 0 aromatic heterocycles. The van der Waals surface area contributed by atoms with Gasteiger partial charge < -0.3 is 14.2 Å². The molecule has 0 bridgehead atoms. The summed E-state index contributed by atoms with van der Waals surface area (Å²) in [5.41, 5.74) is 0.794. The fraction of sp³-hybridized carbons (Fsp3) is 0.417. The van der Waals surface area contributed by atoms with E-state index in [1.54, 1.807) is 33.5 Å². The highest BCUT2D eigenvalue weighted by atomic mass is 16.5. The molecule has 0 aliphatic rings. The Bertz CT molecular complexity index is 409. The van der Waals surface area contributed by atoms with Crippen molar-refractivity contribution in [3.8, 4) is 23.3 Å². The quantitative estimate of drug-likeness (QED) is 0.783. The predicted molar refractivity (Wildman–Crippen MR) is 60.1 cm³/mol. The molecular formula is C12H15NO3. The molecule has 0 radical (unpaired) electrons. The lowest BCUT2D eigenvalue weighted by Gasteiger charge is -2.14. The highest BCUT2D eigenvalue weighted by molar-refractivity contribution is 5.52. The van der Waals surface area contributed by atoms with E-state index in [0.29, 0.717) is 17.2 Å². The van der Waals surface area contributed by atoms with Crippen LogP contribution in [0, 0.1) is 11.3 Å². The van der Waals surface area contributed by atoms with Crippen molar-refractivity contribution in [3.63, 3.8) is 0 Å². The van der Waals surface area contributed by atoms with Gasteiger partial charge >= 0.3 is 0 Å². The summed E-state index contributed by atoms with van der Waals surface area (Å²) in [4.78, 5) is 0. The first-order chi connectivity index (χ1) is 7.67. The number of rotatable bonds is 4. The Kier molecular flexibility index (Phi) is 4.01. The second-order valence-electron chi connectivity index (χ2n) is 3.30. The van der Waals surface area contributed by atoms with Gasteiger partial charge in [-0.2, -0.15) is 5.26 Å². The molecule has 4 heteroatoms. The molecule has 1 aromatic carbocycles. The third-order valence-corrected chi connectivity index (χ3v) is 2.40. The zero-order valence-corrected chi connectivity index (χ0v) is 9.90. The molecule has 0 N–H and O–H groups in total. The zero-order chi connectivity index (χ0) is 12.1.